The van der Waals surface area contributed by atoms with Crippen molar-refractivity contribution in [1.82, 2.24) is 0 Å². The summed E-state index contributed by atoms with van der Waals surface area (Å²) in [4.78, 5) is 12.1. The maximum atomic E-state index is 13.7. The molecule has 0 aliphatic rings. The number of halogens is 1. The Bertz CT molecular complexity index is 1060. The molecule has 0 fully saturated rings. The van der Waals surface area contributed by atoms with E-state index in [0.29, 0.717) is 27.7 Å². The summed E-state index contributed by atoms with van der Waals surface area (Å²) in [5.41, 5.74) is 2.44. The first-order valence-corrected chi connectivity index (χ1v) is 8.70. The molecule has 0 spiro atoms. The molecule has 0 aliphatic carbocycles. The minimum absolute atomic E-state index is 0.0188. The zero-order chi connectivity index (χ0) is 19.9. The standard InChI is InChI=1S/C21H15FN4OS/c22-19-7-2-1-6-18(19)20(27)24-15-8-10-16(11-9-15)25-21(28)26-17-5-3-4-14(12-17)13-23/h1-12H,(H,24,27)(H2,25,26,28). The number of hydrogen-bond donors (Lipinski definition) is 3. The molecule has 28 heavy (non-hydrogen) atoms. The lowest BCUT2D eigenvalue weighted by Gasteiger charge is -2.12. The molecular weight excluding hydrogens is 375 g/mol. The summed E-state index contributed by atoms with van der Waals surface area (Å²) >= 11 is 5.26. The third kappa shape index (κ3) is 4.90. The predicted molar refractivity (Wildman–Crippen MR) is 112 cm³/mol. The molecule has 0 saturated carbocycles. The Morgan fingerprint density at radius 3 is 2.18 bits per heavy atom. The second-order valence-electron chi connectivity index (χ2n) is 5.78. The molecule has 0 heterocycles. The fourth-order valence-electron chi connectivity index (χ4n) is 2.44. The smallest absolute Gasteiger partial charge is 0.258 e. The van der Waals surface area contributed by atoms with Gasteiger partial charge in [0.05, 0.1) is 17.2 Å². The predicted octanol–water partition coefficient (Wildman–Crippen LogP) is 4.76. The number of nitrogens with zero attached hydrogens (tertiary/aromatic N) is 1. The molecular formula is C21H15FN4OS. The monoisotopic (exact) mass is 390 g/mol. The Morgan fingerprint density at radius 2 is 1.50 bits per heavy atom. The van der Waals surface area contributed by atoms with Gasteiger partial charge in [0.1, 0.15) is 5.82 Å². The van der Waals surface area contributed by atoms with E-state index in [9.17, 15) is 9.18 Å². The zero-order valence-corrected chi connectivity index (χ0v) is 15.4. The molecule has 0 unspecified atom stereocenters. The SMILES string of the molecule is N#Cc1cccc(NC(=S)Nc2ccc(NC(=O)c3ccccc3F)cc2)c1. The van der Waals surface area contributed by atoms with Crippen LogP contribution in [0.1, 0.15) is 15.9 Å². The first-order valence-electron chi connectivity index (χ1n) is 8.29. The van der Waals surface area contributed by atoms with Crippen molar-refractivity contribution < 1.29 is 9.18 Å². The molecule has 0 bridgehead atoms. The number of nitrogens with one attached hydrogen (secondary N) is 3. The van der Waals surface area contributed by atoms with E-state index in [1.165, 1.54) is 18.2 Å². The molecule has 0 saturated heterocycles. The van der Waals surface area contributed by atoms with E-state index in [2.05, 4.69) is 22.0 Å². The van der Waals surface area contributed by atoms with Gasteiger partial charge in [-0.15, -0.1) is 0 Å². The van der Waals surface area contributed by atoms with Crippen LogP contribution in [0.4, 0.5) is 21.5 Å². The van der Waals surface area contributed by atoms with Gasteiger partial charge in [0.15, 0.2) is 5.11 Å². The third-order valence-corrected chi connectivity index (χ3v) is 3.97. The van der Waals surface area contributed by atoms with Crippen LogP contribution in [-0.2, 0) is 0 Å². The van der Waals surface area contributed by atoms with E-state index < -0.39 is 11.7 Å². The normalized spacial score (nSPS) is 9.86. The van der Waals surface area contributed by atoms with Gasteiger partial charge in [0.25, 0.3) is 5.91 Å². The van der Waals surface area contributed by atoms with E-state index in [1.54, 1.807) is 54.6 Å². The molecule has 1 amide bonds. The lowest BCUT2D eigenvalue weighted by molar-refractivity contribution is 0.102. The van der Waals surface area contributed by atoms with Crippen LogP contribution in [0.3, 0.4) is 0 Å². The summed E-state index contributed by atoms with van der Waals surface area (Å²) in [6.07, 6.45) is 0. The molecule has 0 atom stereocenters. The topological polar surface area (TPSA) is 77.0 Å². The summed E-state index contributed by atoms with van der Waals surface area (Å²) in [6, 6.07) is 21.6. The molecule has 5 nitrogen and oxygen atoms in total. The van der Waals surface area contributed by atoms with Gasteiger partial charge < -0.3 is 16.0 Å². The van der Waals surface area contributed by atoms with Crippen LogP contribution in [-0.4, -0.2) is 11.0 Å². The van der Waals surface area contributed by atoms with E-state index in [-0.39, 0.29) is 5.56 Å². The number of hydrogen-bond acceptors (Lipinski definition) is 3. The average Bonchev–Trinajstić information content (AvgIpc) is 2.70. The minimum Gasteiger partial charge on any atom is -0.332 e. The van der Waals surface area contributed by atoms with Crippen molar-refractivity contribution in [2.24, 2.45) is 0 Å². The Kier molecular flexibility index (Phi) is 5.94. The molecule has 0 radical (unpaired) electrons. The summed E-state index contributed by atoms with van der Waals surface area (Å²) in [5.74, 6) is -1.09. The molecule has 3 N–H and O–H groups in total. The highest BCUT2D eigenvalue weighted by molar-refractivity contribution is 7.80. The van der Waals surface area contributed by atoms with Crippen LogP contribution in [0.25, 0.3) is 0 Å². The van der Waals surface area contributed by atoms with Gasteiger partial charge >= 0.3 is 0 Å². The molecule has 0 aromatic heterocycles. The van der Waals surface area contributed by atoms with Crippen LogP contribution in [0.5, 0.6) is 0 Å². The van der Waals surface area contributed by atoms with Gasteiger partial charge in [0, 0.05) is 17.1 Å². The van der Waals surface area contributed by atoms with Crippen LogP contribution < -0.4 is 16.0 Å². The fourth-order valence-corrected chi connectivity index (χ4v) is 2.68. The van der Waals surface area contributed by atoms with Crippen LogP contribution in [0.2, 0.25) is 0 Å². The second kappa shape index (κ2) is 8.75. The number of thiocarbonyl (C=S) groups is 1. The molecule has 3 aromatic rings. The highest BCUT2D eigenvalue weighted by Crippen LogP contribution is 2.17. The molecule has 3 rings (SSSR count). The van der Waals surface area contributed by atoms with Crippen molar-refractivity contribution in [2.45, 2.75) is 0 Å². The fraction of sp³-hybridized carbons (Fsp3) is 0. The van der Waals surface area contributed by atoms with Gasteiger partial charge in [0.2, 0.25) is 0 Å². The molecule has 138 valence electrons. The van der Waals surface area contributed by atoms with Crippen LogP contribution in [0, 0.1) is 17.1 Å². The van der Waals surface area contributed by atoms with E-state index in [4.69, 9.17) is 17.5 Å². The zero-order valence-electron chi connectivity index (χ0n) is 14.6. The van der Waals surface area contributed by atoms with Crippen molar-refractivity contribution in [2.75, 3.05) is 16.0 Å². The number of carbonyl (C=O) groups excluding carboxylic acids is 1. The maximum Gasteiger partial charge on any atom is 0.258 e. The molecule has 0 aliphatic heterocycles. The van der Waals surface area contributed by atoms with Crippen LogP contribution in [0.15, 0.2) is 72.8 Å². The number of amides is 1. The minimum atomic E-state index is -0.574. The van der Waals surface area contributed by atoms with Crippen molar-refractivity contribution in [3.05, 3.63) is 89.7 Å². The van der Waals surface area contributed by atoms with Crippen LogP contribution >= 0.6 is 12.2 Å². The summed E-state index contributed by atoms with van der Waals surface area (Å²) in [7, 11) is 0. The van der Waals surface area contributed by atoms with Gasteiger partial charge in [-0.1, -0.05) is 18.2 Å². The lowest BCUT2D eigenvalue weighted by Crippen LogP contribution is -2.19. The van der Waals surface area contributed by atoms with Crippen molar-refractivity contribution in [1.29, 1.82) is 5.26 Å². The summed E-state index contributed by atoms with van der Waals surface area (Å²) in [5, 5.41) is 17.9. The number of carbonyl (C=O) groups is 1. The molecule has 3 aromatic carbocycles. The number of nitriles is 1. The van der Waals surface area contributed by atoms with Gasteiger partial charge in [-0.2, -0.15) is 5.26 Å². The first kappa shape index (κ1) is 19.0. The average molecular weight is 390 g/mol. The van der Waals surface area contributed by atoms with E-state index >= 15 is 0 Å². The van der Waals surface area contributed by atoms with Gasteiger partial charge in [-0.25, -0.2) is 4.39 Å². The number of benzene rings is 3. The Morgan fingerprint density at radius 1 is 0.857 bits per heavy atom. The largest absolute Gasteiger partial charge is 0.332 e. The quantitative estimate of drug-likeness (QED) is 0.560. The van der Waals surface area contributed by atoms with Crippen molar-refractivity contribution >= 4 is 40.3 Å². The van der Waals surface area contributed by atoms with Crippen molar-refractivity contribution in [3.63, 3.8) is 0 Å². The first-order chi connectivity index (χ1) is 13.5. The number of anilines is 3. The maximum absolute atomic E-state index is 13.7. The van der Waals surface area contributed by atoms with Crippen molar-refractivity contribution in [3.8, 4) is 6.07 Å². The summed E-state index contributed by atoms with van der Waals surface area (Å²) in [6.45, 7) is 0. The second-order valence-corrected chi connectivity index (χ2v) is 6.19. The van der Waals surface area contributed by atoms with Gasteiger partial charge in [-0.3, -0.25) is 4.79 Å². The Hall–Kier alpha value is -3.76. The highest BCUT2D eigenvalue weighted by Gasteiger charge is 2.10. The van der Waals surface area contributed by atoms with E-state index in [0.717, 1.165) is 0 Å². The Balaban J connectivity index is 1.59. The Labute approximate surface area is 166 Å². The number of rotatable bonds is 4. The molecule has 7 heteroatoms. The van der Waals surface area contributed by atoms with Gasteiger partial charge in [-0.05, 0) is 66.8 Å². The lowest BCUT2D eigenvalue weighted by atomic mass is 10.2. The van der Waals surface area contributed by atoms with E-state index in [1.807, 2.05) is 0 Å². The summed E-state index contributed by atoms with van der Waals surface area (Å²) < 4.78 is 13.7. The third-order valence-electron chi connectivity index (χ3n) is 3.77. The highest BCUT2D eigenvalue weighted by atomic mass is 32.1.